The van der Waals surface area contributed by atoms with E-state index in [1.165, 1.54) is 0 Å². The molecule has 17 heavy (non-hydrogen) atoms. The van der Waals surface area contributed by atoms with Gasteiger partial charge in [-0.3, -0.25) is 19.8 Å². The summed E-state index contributed by atoms with van der Waals surface area (Å²) in [6.45, 7) is 4.12. The maximum Gasteiger partial charge on any atom is 0.331 e. The molecule has 1 atom stereocenters. The molecule has 0 radical (unpaired) electrons. The first-order valence-electron chi connectivity index (χ1n) is 5.28. The molecule has 0 aliphatic heterocycles. The number of H-pyrrole nitrogens is 1. The molecule has 1 rings (SSSR count). The third-order valence-electron chi connectivity index (χ3n) is 2.63. The zero-order valence-electron chi connectivity index (χ0n) is 9.78. The van der Waals surface area contributed by atoms with Crippen molar-refractivity contribution in [1.82, 2.24) is 9.55 Å². The quantitative estimate of drug-likeness (QED) is 0.421. The van der Waals surface area contributed by atoms with Crippen LogP contribution in [0.4, 0.5) is 0 Å². The second-order valence-corrected chi connectivity index (χ2v) is 4.00. The van der Waals surface area contributed by atoms with Crippen LogP contribution in [0.2, 0.25) is 0 Å². The van der Waals surface area contributed by atoms with Crippen molar-refractivity contribution in [1.29, 1.82) is 5.41 Å². The van der Waals surface area contributed by atoms with Crippen LogP contribution in [0.1, 0.15) is 25.8 Å². The average molecular weight is 240 g/mol. The second-order valence-electron chi connectivity index (χ2n) is 4.00. The van der Waals surface area contributed by atoms with Gasteiger partial charge in [0.1, 0.15) is 11.4 Å². The Hall–Kier alpha value is -2.05. The molecule has 0 amide bonds. The van der Waals surface area contributed by atoms with Crippen LogP contribution in [0.3, 0.4) is 0 Å². The van der Waals surface area contributed by atoms with E-state index in [9.17, 15) is 14.7 Å². The third kappa shape index (κ3) is 2.55. The van der Waals surface area contributed by atoms with Gasteiger partial charge in [0, 0.05) is 6.54 Å². The van der Waals surface area contributed by atoms with E-state index < -0.39 is 23.0 Å². The predicted molar refractivity (Wildman–Crippen MR) is 63.5 cm³/mol. The minimum Gasteiger partial charge on any atom is -0.494 e. The highest BCUT2D eigenvalue weighted by Crippen LogP contribution is 2.12. The van der Waals surface area contributed by atoms with Crippen molar-refractivity contribution in [3.63, 3.8) is 0 Å². The molecule has 0 fully saturated rings. The van der Waals surface area contributed by atoms with Crippen molar-refractivity contribution >= 4 is 5.84 Å². The van der Waals surface area contributed by atoms with E-state index in [1.54, 1.807) is 0 Å². The number of hydrogen-bond acceptors (Lipinski definition) is 4. The maximum atomic E-state index is 11.5. The van der Waals surface area contributed by atoms with Gasteiger partial charge in [-0.1, -0.05) is 20.3 Å². The number of nitrogens with one attached hydrogen (secondary N) is 2. The zero-order valence-corrected chi connectivity index (χ0v) is 9.78. The van der Waals surface area contributed by atoms with Crippen LogP contribution in [0.15, 0.2) is 9.59 Å². The Morgan fingerprint density at radius 2 is 2.18 bits per heavy atom. The summed E-state index contributed by atoms with van der Waals surface area (Å²) in [4.78, 5) is 24.9. The molecule has 0 aliphatic carbocycles. The molecule has 1 aromatic rings. The van der Waals surface area contributed by atoms with Gasteiger partial charge in [0.25, 0.3) is 5.56 Å². The summed E-state index contributed by atoms with van der Waals surface area (Å²) in [7, 11) is 0. The zero-order chi connectivity index (χ0) is 13.2. The molecule has 0 aromatic carbocycles. The van der Waals surface area contributed by atoms with E-state index in [-0.39, 0.29) is 18.0 Å². The van der Waals surface area contributed by atoms with Gasteiger partial charge in [-0.25, -0.2) is 4.79 Å². The minimum absolute atomic E-state index is 0.157. The Bertz CT molecular complexity index is 543. The summed E-state index contributed by atoms with van der Waals surface area (Å²) in [5.74, 6) is -0.961. The molecule has 1 heterocycles. The molecule has 0 spiro atoms. The van der Waals surface area contributed by atoms with E-state index in [1.807, 2.05) is 18.8 Å². The fourth-order valence-electron chi connectivity index (χ4n) is 1.41. The van der Waals surface area contributed by atoms with Crippen molar-refractivity contribution in [3.05, 3.63) is 26.4 Å². The standard InChI is InChI=1S/C10H16N4O3/c1-3-5(2)4-14-9(16)6(7(11)12)8(15)13-10(14)17/h5,16H,3-4H2,1-2H3,(H3,11,12)(H,13,15,17). The van der Waals surface area contributed by atoms with Crippen LogP contribution >= 0.6 is 0 Å². The highest BCUT2D eigenvalue weighted by atomic mass is 16.3. The number of nitrogens with two attached hydrogens (primary N) is 1. The van der Waals surface area contributed by atoms with Gasteiger partial charge in [-0.15, -0.1) is 0 Å². The largest absolute Gasteiger partial charge is 0.494 e. The molecule has 7 nitrogen and oxygen atoms in total. The summed E-state index contributed by atoms with van der Waals surface area (Å²) in [5, 5.41) is 17.0. The lowest BCUT2D eigenvalue weighted by Gasteiger charge is -2.14. The first kappa shape index (κ1) is 13.0. The smallest absolute Gasteiger partial charge is 0.331 e. The van der Waals surface area contributed by atoms with Gasteiger partial charge in [0.05, 0.1) is 0 Å². The van der Waals surface area contributed by atoms with Crippen LogP contribution in [0, 0.1) is 11.3 Å². The molecule has 94 valence electrons. The third-order valence-corrected chi connectivity index (χ3v) is 2.63. The van der Waals surface area contributed by atoms with Crippen LogP contribution < -0.4 is 17.0 Å². The number of hydrogen-bond donors (Lipinski definition) is 4. The van der Waals surface area contributed by atoms with Crippen molar-refractivity contribution < 1.29 is 5.11 Å². The first-order valence-corrected chi connectivity index (χ1v) is 5.28. The number of nitrogens with zero attached hydrogens (tertiary/aromatic N) is 1. The van der Waals surface area contributed by atoms with Crippen LogP contribution in [-0.4, -0.2) is 20.5 Å². The summed E-state index contributed by atoms with van der Waals surface area (Å²) >= 11 is 0. The lowest BCUT2D eigenvalue weighted by atomic mass is 10.1. The highest BCUT2D eigenvalue weighted by Gasteiger charge is 2.17. The summed E-state index contributed by atoms with van der Waals surface area (Å²) in [6, 6.07) is 0. The monoisotopic (exact) mass is 240 g/mol. The Labute approximate surface area is 97.4 Å². The Balaban J connectivity index is 3.41. The number of nitrogen functional groups attached to an aromatic ring is 1. The van der Waals surface area contributed by atoms with Crippen molar-refractivity contribution in [2.24, 2.45) is 11.7 Å². The number of aromatic amines is 1. The summed E-state index contributed by atoms with van der Waals surface area (Å²) in [6.07, 6.45) is 0.820. The van der Waals surface area contributed by atoms with E-state index in [0.29, 0.717) is 0 Å². The molecular weight excluding hydrogens is 224 g/mol. The second kappa shape index (κ2) is 4.86. The minimum atomic E-state index is -0.847. The number of aromatic nitrogens is 2. The fraction of sp³-hybridized carbons (Fsp3) is 0.500. The lowest BCUT2D eigenvalue weighted by molar-refractivity contribution is 0.363. The SMILES string of the molecule is CCC(C)Cn1c(O)c(C(=N)N)c(=O)[nH]c1=O. The van der Waals surface area contributed by atoms with E-state index in [0.717, 1.165) is 11.0 Å². The van der Waals surface area contributed by atoms with E-state index >= 15 is 0 Å². The van der Waals surface area contributed by atoms with Gasteiger partial charge in [0.2, 0.25) is 5.88 Å². The van der Waals surface area contributed by atoms with Gasteiger partial charge in [-0.05, 0) is 5.92 Å². The summed E-state index contributed by atoms with van der Waals surface area (Å²) < 4.78 is 1.02. The number of amidine groups is 1. The van der Waals surface area contributed by atoms with E-state index in [2.05, 4.69) is 0 Å². The van der Waals surface area contributed by atoms with Crippen LogP contribution in [-0.2, 0) is 6.54 Å². The van der Waals surface area contributed by atoms with Crippen LogP contribution in [0.25, 0.3) is 0 Å². The van der Waals surface area contributed by atoms with Crippen molar-refractivity contribution in [3.8, 4) is 5.88 Å². The molecule has 5 N–H and O–H groups in total. The van der Waals surface area contributed by atoms with Crippen molar-refractivity contribution in [2.75, 3.05) is 0 Å². The molecular formula is C10H16N4O3. The molecule has 7 heteroatoms. The predicted octanol–water partition coefficient (Wildman–Crippen LogP) is -0.428. The summed E-state index contributed by atoms with van der Waals surface area (Å²) in [5.41, 5.74) is 3.27. The lowest BCUT2D eigenvalue weighted by Crippen LogP contribution is -2.36. The fourth-order valence-corrected chi connectivity index (χ4v) is 1.41. The first-order chi connectivity index (χ1) is 7.88. The molecule has 0 saturated heterocycles. The van der Waals surface area contributed by atoms with Gasteiger partial charge in [-0.2, -0.15) is 0 Å². The van der Waals surface area contributed by atoms with Gasteiger partial charge in [0.15, 0.2) is 0 Å². The average Bonchev–Trinajstić information content (AvgIpc) is 2.22. The molecule has 1 aromatic heterocycles. The molecule has 0 saturated carbocycles. The van der Waals surface area contributed by atoms with Gasteiger partial charge < -0.3 is 10.8 Å². The van der Waals surface area contributed by atoms with Crippen molar-refractivity contribution in [2.45, 2.75) is 26.8 Å². The van der Waals surface area contributed by atoms with Crippen LogP contribution in [0.5, 0.6) is 5.88 Å². The Morgan fingerprint density at radius 3 is 2.65 bits per heavy atom. The molecule has 0 aliphatic rings. The maximum absolute atomic E-state index is 11.5. The Kier molecular flexibility index (Phi) is 3.72. The van der Waals surface area contributed by atoms with Gasteiger partial charge >= 0.3 is 5.69 Å². The normalized spacial score (nSPS) is 12.4. The number of aromatic hydroxyl groups is 1. The Morgan fingerprint density at radius 1 is 1.59 bits per heavy atom. The topological polar surface area (TPSA) is 125 Å². The highest BCUT2D eigenvalue weighted by molar-refractivity contribution is 5.96. The molecule has 0 bridgehead atoms. The molecule has 1 unspecified atom stereocenters. The number of rotatable bonds is 4. The van der Waals surface area contributed by atoms with E-state index in [4.69, 9.17) is 11.1 Å².